The van der Waals surface area contributed by atoms with E-state index in [1.807, 2.05) is 0 Å². The summed E-state index contributed by atoms with van der Waals surface area (Å²) >= 11 is 5.79. The van der Waals surface area contributed by atoms with Gasteiger partial charge in [-0.3, -0.25) is 4.98 Å². The van der Waals surface area contributed by atoms with Gasteiger partial charge in [0.15, 0.2) is 5.82 Å². The van der Waals surface area contributed by atoms with Crippen molar-refractivity contribution in [3.05, 3.63) is 41.4 Å². The van der Waals surface area contributed by atoms with Crippen LogP contribution in [0.1, 0.15) is 0 Å². The molecular formula is C11H9ClFN3. The second-order valence-electron chi connectivity index (χ2n) is 3.16. The number of hydrogen-bond acceptors (Lipinski definition) is 3. The van der Waals surface area contributed by atoms with Gasteiger partial charge in [0.25, 0.3) is 0 Å². The molecule has 2 aromatic rings. The van der Waals surface area contributed by atoms with Crippen LogP contribution in [0.3, 0.4) is 0 Å². The van der Waals surface area contributed by atoms with Crippen LogP contribution in [-0.4, -0.2) is 17.0 Å². The van der Waals surface area contributed by atoms with Crippen LogP contribution in [0.5, 0.6) is 0 Å². The van der Waals surface area contributed by atoms with Gasteiger partial charge in [0.2, 0.25) is 0 Å². The van der Waals surface area contributed by atoms with Gasteiger partial charge in [-0.05, 0) is 18.2 Å². The summed E-state index contributed by atoms with van der Waals surface area (Å²) in [7, 11) is 1.73. The summed E-state index contributed by atoms with van der Waals surface area (Å²) in [5.74, 6) is 0.194. The van der Waals surface area contributed by atoms with Crippen LogP contribution in [0.4, 0.5) is 10.2 Å². The summed E-state index contributed by atoms with van der Waals surface area (Å²) in [6, 6.07) is 4.27. The number of benzene rings is 1. The van der Waals surface area contributed by atoms with Crippen molar-refractivity contribution in [1.82, 2.24) is 9.97 Å². The number of halogens is 2. The van der Waals surface area contributed by atoms with E-state index in [0.29, 0.717) is 22.1 Å². The summed E-state index contributed by atoms with van der Waals surface area (Å²) in [6.45, 7) is 0. The third kappa shape index (κ3) is 2.12. The van der Waals surface area contributed by atoms with Crippen molar-refractivity contribution >= 4 is 17.4 Å². The Kier molecular flexibility index (Phi) is 3.01. The van der Waals surface area contributed by atoms with Gasteiger partial charge < -0.3 is 5.32 Å². The lowest BCUT2D eigenvalue weighted by Crippen LogP contribution is -1.97. The zero-order chi connectivity index (χ0) is 11.5. The molecular weight excluding hydrogens is 229 g/mol. The number of nitrogens with one attached hydrogen (secondary N) is 1. The fraction of sp³-hybridized carbons (Fsp3) is 0.0909. The summed E-state index contributed by atoms with van der Waals surface area (Å²) in [5.41, 5.74) is 1.17. The van der Waals surface area contributed by atoms with Crippen molar-refractivity contribution in [2.24, 2.45) is 0 Å². The van der Waals surface area contributed by atoms with Gasteiger partial charge >= 0.3 is 0 Å². The van der Waals surface area contributed by atoms with E-state index >= 15 is 0 Å². The van der Waals surface area contributed by atoms with Crippen LogP contribution in [0.2, 0.25) is 5.02 Å². The molecule has 0 saturated carbocycles. The average Bonchev–Trinajstić information content (AvgIpc) is 2.27. The molecule has 1 heterocycles. The lowest BCUT2D eigenvalue weighted by molar-refractivity contribution is 0.628. The molecule has 0 aliphatic carbocycles. The van der Waals surface area contributed by atoms with Gasteiger partial charge in [0, 0.05) is 30.0 Å². The highest BCUT2D eigenvalue weighted by molar-refractivity contribution is 6.30. The molecule has 0 radical (unpaired) electrons. The van der Waals surface area contributed by atoms with Crippen LogP contribution in [0.25, 0.3) is 11.3 Å². The van der Waals surface area contributed by atoms with Crippen LogP contribution in [0, 0.1) is 5.82 Å². The van der Waals surface area contributed by atoms with Crippen LogP contribution >= 0.6 is 11.6 Å². The van der Waals surface area contributed by atoms with Crippen molar-refractivity contribution in [2.75, 3.05) is 12.4 Å². The molecule has 2 rings (SSSR count). The first-order chi connectivity index (χ1) is 7.70. The Hall–Kier alpha value is -1.68. The zero-order valence-corrected chi connectivity index (χ0v) is 9.29. The molecule has 16 heavy (non-hydrogen) atoms. The normalized spacial score (nSPS) is 10.2. The maximum absolute atomic E-state index is 13.2. The smallest absolute Gasteiger partial charge is 0.152 e. The van der Waals surface area contributed by atoms with E-state index in [0.717, 1.165) is 0 Å². The van der Waals surface area contributed by atoms with Crippen molar-refractivity contribution in [2.45, 2.75) is 0 Å². The molecule has 0 saturated heterocycles. The molecule has 0 unspecified atom stereocenters. The fourth-order valence-corrected chi connectivity index (χ4v) is 1.64. The molecule has 0 aliphatic heterocycles. The third-order valence-electron chi connectivity index (χ3n) is 2.07. The predicted molar refractivity (Wildman–Crippen MR) is 62.0 cm³/mol. The van der Waals surface area contributed by atoms with E-state index in [-0.39, 0.29) is 0 Å². The molecule has 1 aromatic heterocycles. The molecule has 0 bridgehead atoms. The Morgan fingerprint density at radius 2 is 1.94 bits per heavy atom. The van der Waals surface area contributed by atoms with Gasteiger partial charge in [-0.25, -0.2) is 9.37 Å². The monoisotopic (exact) mass is 237 g/mol. The minimum Gasteiger partial charge on any atom is -0.371 e. The Balaban J connectivity index is 2.58. The molecule has 0 spiro atoms. The topological polar surface area (TPSA) is 37.8 Å². The SMILES string of the molecule is CNc1nccnc1-c1cc(F)cc(Cl)c1. The van der Waals surface area contributed by atoms with Crippen LogP contribution in [-0.2, 0) is 0 Å². The Morgan fingerprint density at radius 3 is 2.62 bits per heavy atom. The van der Waals surface area contributed by atoms with Gasteiger partial charge in [-0.1, -0.05) is 11.6 Å². The standard InChI is InChI=1S/C11H9ClFN3/c1-14-11-10(15-2-3-16-11)7-4-8(12)6-9(13)5-7/h2-6H,1H3,(H,14,16). The Labute approximate surface area is 97.3 Å². The highest BCUT2D eigenvalue weighted by Gasteiger charge is 2.08. The van der Waals surface area contributed by atoms with Gasteiger partial charge in [0.1, 0.15) is 11.5 Å². The first-order valence-electron chi connectivity index (χ1n) is 4.66. The molecule has 82 valence electrons. The van der Waals surface area contributed by atoms with E-state index in [9.17, 15) is 4.39 Å². The maximum Gasteiger partial charge on any atom is 0.152 e. The molecule has 0 atom stereocenters. The average molecular weight is 238 g/mol. The van der Waals surface area contributed by atoms with E-state index in [2.05, 4.69) is 15.3 Å². The molecule has 0 fully saturated rings. The Bertz CT molecular complexity index is 496. The summed E-state index contributed by atoms with van der Waals surface area (Å²) < 4.78 is 13.2. The van der Waals surface area contributed by atoms with E-state index < -0.39 is 5.82 Å². The minimum atomic E-state index is -0.393. The van der Waals surface area contributed by atoms with Crippen molar-refractivity contribution in [1.29, 1.82) is 0 Å². The lowest BCUT2D eigenvalue weighted by Gasteiger charge is -2.06. The fourth-order valence-electron chi connectivity index (χ4n) is 1.42. The van der Waals surface area contributed by atoms with Gasteiger partial charge in [0.05, 0.1) is 0 Å². The minimum absolute atomic E-state index is 0.336. The summed E-state index contributed by atoms with van der Waals surface area (Å²) in [5, 5.41) is 3.23. The number of anilines is 1. The quantitative estimate of drug-likeness (QED) is 0.873. The largest absolute Gasteiger partial charge is 0.371 e. The van der Waals surface area contributed by atoms with E-state index in [1.54, 1.807) is 25.5 Å². The zero-order valence-electron chi connectivity index (χ0n) is 8.54. The predicted octanol–water partition coefficient (Wildman–Crippen LogP) is 2.98. The van der Waals surface area contributed by atoms with Gasteiger partial charge in [-0.2, -0.15) is 0 Å². The van der Waals surface area contributed by atoms with E-state index in [4.69, 9.17) is 11.6 Å². The summed E-state index contributed by atoms with van der Waals surface area (Å²) in [4.78, 5) is 8.25. The van der Waals surface area contributed by atoms with Crippen molar-refractivity contribution in [3.8, 4) is 11.3 Å². The number of hydrogen-bond donors (Lipinski definition) is 1. The number of aromatic nitrogens is 2. The molecule has 5 heteroatoms. The molecule has 1 aromatic carbocycles. The number of nitrogens with zero attached hydrogens (tertiary/aromatic N) is 2. The van der Waals surface area contributed by atoms with Crippen LogP contribution < -0.4 is 5.32 Å². The first-order valence-corrected chi connectivity index (χ1v) is 5.03. The second kappa shape index (κ2) is 4.45. The van der Waals surface area contributed by atoms with E-state index in [1.165, 1.54) is 12.1 Å². The summed E-state index contributed by atoms with van der Waals surface area (Å²) in [6.07, 6.45) is 3.12. The molecule has 0 amide bonds. The number of rotatable bonds is 2. The molecule has 0 aliphatic rings. The van der Waals surface area contributed by atoms with Crippen molar-refractivity contribution < 1.29 is 4.39 Å². The maximum atomic E-state index is 13.2. The van der Waals surface area contributed by atoms with Crippen LogP contribution in [0.15, 0.2) is 30.6 Å². The van der Waals surface area contributed by atoms with Gasteiger partial charge in [-0.15, -0.1) is 0 Å². The first kappa shape index (κ1) is 10.8. The Morgan fingerprint density at radius 1 is 1.19 bits per heavy atom. The molecule has 1 N–H and O–H groups in total. The second-order valence-corrected chi connectivity index (χ2v) is 3.60. The molecule has 3 nitrogen and oxygen atoms in total. The highest BCUT2D eigenvalue weighted by Crippen LogP contribution is 2.26. The lowest BCUT2D eigenvalue weighted by atomic mass is 10.1. The highest BCUT2D eigenvalue weighted by atomic mass is 35.5. The van der Waals surface area contributed by atoms with Crippen molar-refractivity contribution in [3.63, 3.8) is 0 Å². The third-order valence-corrected chi connectivity index (χ3v) is 2.29.